The van der Waals surface area contributed by atoms with Crippen LogP contribution in [0.3, 0.4) is 0 Å². The summed E-state index contributed by atoms with van der Waals surface area (Å²) in [7, 11) is 0. The van der Waals surface area contributed by atoms with Crippen LogP contribution in [0.5, 0.6) is 0 Å². The molecule has 1 rings (SSSR count). The molecule has 1 aliphatic carbocycles. The van der Waals surface area contributed by atoms with Crippen molar-refractivity contribution in [3.63, 3.8) is 0 Å². The lowest BCUT2D eigenvalue weighted by Crippen LogP contribution is -2.42. The van der Waals surface area contributed by atoms with Crippen LogP contribution in [0.25, 0.3) is 0 Å². The Balaban J connectivity index is 2.77. The smallest absolute Gasteiger partial charge is 0.266 e. The van der Waals surface area contributed by atoms with Crippen LogP contribution < -0.4 is 0 Å². The second-order valence-electron chi connectivity index (χ2n) is 4.76. The molecule has 0 bridgehead atoms. The molecule has 0 amide bonds. The van der Waals surface area contributed by atoms with Gasteiger partial charge in [-0.15, -0.1) is 0 Å². The topological polar surface area (TPSA) is 20.2 Å². The average Bonchev–Trinajstić information content (AvgIpc) is 2.21. The Hall–Kier alpha value is -0.440. The Morgan fingerprint density at radius 1 is 1.27 bits per heavy atom. The number of allylic oxidation sites excluding steroid dienone is 1. The summed E-state index contributed by atoms with van der Waals surface area (Å²) >= 11 is 0. The van der Waals surface area contributed by atoms with Crippen molar-refractivity contribution in [3.8, 4) is 0 Å². The summed E-state index contributed by atoms with van der Waals surface area (Å²) in [5.41, 5.74) is -1.04. The zero-order chi connectivity index (χ0) is 11.7. The lowest BCUT2D eigenvalue weighted by Gasteiger charge is -2.38. The van der Waals surface area contributed by atoms with E-state index in [-0.39, 0.29) is 18.8 Å². The molecule has 0 spiro atoms. The van der Waals surface area contributed by atoms with Crippen LogP contribution in [-0.4, -0.2) is 16.6 Å². The minimum Gasteiger partial charge on any atom is -0.386 e. The zero-order valence-electron chi connectivity index (χ0n) is 9.63. The first kappa shape index (κ1) is 12.6. The number of halogens is 2. The van der Waals surface area contributed by atoms with Crippen molar-refractivity contribution >= 4 is 0 Å². The molecule has 1 nitrogen and oxygen atoms in total. The van der Waals surface area contributed by atoms with E-state index in [9.17, 15) is 13.9 Å². The fraction of sp³-hybridized carbons (Fsp3) is 0.833. The minimum atomic E-state index is -2.73. The Labute approximate surface area is 90.2 Å². The highest BCUT2D eigenvalue weighted by atomic mass is 19.3. The SMILES string of the molecule is CCC(C)C(C)C1(O)C=CC(F)(F)CC1. The molecule has 3 unspecified atom stereocenters. The second-order valence-corrected chi connectivity index (χ2v) is 4.76. The minimum absolute atomic E-state index is 0.0230. The molecular formula is C12H20F2O. The van der Waals surface area contributed by atoms with Crippen LogP contribution in [0.4, 0.5) is 8.78 Å². The van der Waals surface area contributed by atoms with Crippen molar-refractivity contribution in [3.05, 3.63) is 12.2 Å². The third-order valence-corrected chi connectivity index (χ3v) is 3.76. The number of rotatable bonds is 3. The van der Waals surface area contributed by atoms with Gasteiger partial charge in [-0.05, 0) is 24.3 Å². The van der Waals surface area contributed by atoms with E-state index >= 15 is 0 Å². The van der Waals surface area contributed by atoms with Crippen molar-refractivity contribution in [2.45, 2.75) is 51.6 Å². The summed E-state index contributed by atoms with van der Waals surface area (Å²) in [6.07, 6.45) is 3.01. The predicted octanol–water partition coefficient (Wildman–Crippen LogP) is 3.39. The molecule has 0 radical (unpaired) electrons. The van der Waals surface area contributed by atoms with Crippen LogP contribution in [0.2, 0.25) is 0 Å². The summed E-state index contributed by atoms with van der Waals surface area (Å²) < 4.78 is 25.8. The molecule has 1 aliphatic rings. The Morgan fingerprint density at radius 3 is 2.27 bits per heavy atom. The molecule has 0 saturated carbocycles. The van der Waals surface area contributed by atoms with Crippen molar-refractivity contribution in [2.75, 3.05) is 0 Å². The molecule has 0 aromatic carbocycles. The molecule has 0 aliphatic heterocycles. The van der Waals surface area contributed by atoms with Crippen LogP contribution in [0.15, 0.2) is 12.2 Å². The van der Waals surface area contributed by atoms with Crippen molar-refractivity contribution in [1.29, 1.82) is 0 Å². The quantitative estimate of drug-likeness (QED) is 0.720. The summed E-state index contributed by atoms with van der Waals surface area (Å²) in [6, 6.07) is 0. The van der Waals surface area contributed by atoms with Crippen molar-refractivity contribution < 1.29 is 13.9 Å². The van der Waals surface area contributed by atoms with E-state index in [1.165, 1.54) is 6.08 Å². The maximum atomic E-state index is 12.9. The third-order valence-electron chi connectivity index (χ3n) is 3.76. The van der Waals surface area contributed by atoms with E-state index in [1.807, 2.05) is 20.8 Å². The average molecular weight is 218 g/mol. The monoisotopic (exact) mass is 218 g/mol. The van der Waals surface area contributed by atoms with Gasteiger partial charge in [-0.3, -0.25) is 0 Å². The molecule has 0 aromatic rings. The van der Waals surface area contributed by atoms with Crippen molar-refractivity contribution in [2.24, 2.45) is 11.8 Å². The van der Waals surface area contributed by atoms with Gasteiger partial charge in [0, 0.05) is 6.42 Å². The first-order chi connectivity index (χ1) is 6.81. The highest BCUT2D eigenvalue weighted by Gasteiger charge is 2.41. The van der Waals surface area contributed by atoms with Gasteiger partial charge in [-0.2, -0.15) is 0 Å². The van der Waals surface area contributed by atoms with Gasteiger partial charge in [0.15, 0.2) is 0 Å². The van der Waals surface area contributed by atoms with E-state index in [4.69, 9.17) is 0 Å². The summed E-state index contributed by atoms with van der Waals surface area (Å²) in [5, 5.41) is 10.3. The summed E-state index contributed by atoms with van der Waals surface area (Å²) in [5.74, 6) is -2.37. The largest absolute Gasteiger partial charge is 0.386 e. The highest BCUT2D eigenvalue weighted by Crippen LogP contribution is 2.39. The summed E-state index contributed by atoms with van der Waals surface area (Å²) in [4.78, 5) is 0. The summed E-state index contributed by atoms with van der Waals surface area (Å²) in [6.45, 7) is 6.02. The Morgan fingerprint density at radius 2 is 1.87 bits per heavy atom. The molecule has 3 atom stereocenters. The highest BCUT2D eigenvalue weighted by molar-refractivity contribution is 5.13. The predicted molar refractivity (Wildman–Crippen MR) is 56.9 cm³/mol. The Kier molecular flexibility index (Phi) is 3.54. The molecule has 88 valence electrons. The Bertz CT molecular complexity index is 250. The molecular weight excluding hydrogens is 198 g/mol. The molecule has 0 fully saturated rings. The van der Waals surface area contributed by atoms with Gasteiger partial charge in [0.2, 0.25) is 0 Å². The number of hydrogen-bond acceptors (Lipinski definition) is 1. The molecule has 1 N–H and O–H groups in total. The van der Waals surface area contributed by atoms with Crippen LogP contribution in [-0.2, 0) is 0 Å². The van der Waals surface area contributed by atoms with E-state index in [0.717, 1.165) is 12.5 Å². The van der Waals surface area contributed by atoms with Crippen LogP contribution in [0.1, 0.15) is 40.0 Å². The van der Waals surface area contributed by atoms with Crippen molar-refractivity contribution in [1.82, 2.24) is 0 Å². The van der Waals surface area contributed by atoms with Gasteiger partial charge in [0.1, 0.15) is 0 Å². The second kappa shape index (κ2) is 4.20. The van der Waals surface area contributed by atoms with Gasteiger partial charge in [0.05, 0.1) is 5.60 Å². The van der Waals surface area contributed by atoms with Gasteiger partial charge in [-0.1, -0.05) is 33.3 Å². The molecule has 3 heteroatoms. The molecule has 0 saturated heterocycles. The van der Waals surface area contributed by atoms with E-state index < -0.39 is 11.5 Å². The van der Waals surface area contributed by atoms with Gasteiger partial charge in [0.25, 0.3) is 5.92 Å². The van der Waals surface area contributed by atoms with Crippen LogP contribution >= 0.6 is 0 Å². The maximum absolute atomic E-state index is 12.9. The normalized spacial score (nSPS) is 33.7. The van der Waals surface area contributed by atoms with Crippen LogP contribution in [0, 0.1) is 11.8 Å². The number of alkyl halides is 2. The zero-order valence-corrected chi connectivity index (χ0v) is 9.63. The third kappa shape index (κ3) is 2.77. The maximum Gasteiger partial charge on any atom is 0.266 e. The first-order valence-electron chi connectivity index (χ1n) is 5.61. The number of aliphatic hydroxyl groups is 1. The number of hydrogen-bond donors (Lipinski definition) is 1. The van der Waals surface area contributed by atoms with E-state index in [1.54, 1.807) is 0 Å². The lowest BCUT2D eigenvalue weighted by atomic mass is 9.74. The fourth-order valence-corrected chi connectivity index (χ4v) is 2.03. The van der Waals surface area contributed by atoms with Gasteiger partial charge in [-0.25, -0.2) is 8.78 Å². The van der Waals surface area contributed by atoms with Gasteiger partial charge < -0.3 is 5.11 Å². The van der Waals surface area contributed by atoms with Gasteiger partial charge >= 0.3 is 0 Å². The molecule has 0 heterocycles. The molecule has 15 heavy (non-hydrogen) atoms. The standard InChI is InChI=1S/C12H20F2O/c1-4-9(2)10(3)11(15)5-7-12(13,14)8-6-11/h5,7,9-10,15H,4,6,8H2,1-3H3. The fourth-order valence-electron chi connectivity index (χ4n) is 2.03. The van der Waals surface area contributed by atoms with E-state index in [0.29, 0.717) is 5.92 Å². The lowest BCUT2D eigenvalue weighted by molar-refractivity contribution is -0.0466. The van der Waals surface area contributed by atoms with E-state index in [2.05, 4.69) is 0 Å². The first-order valence-corrected chi connectivity index (χ1v) is 5.61. The molecule has 0 aromatic heterocycles.